The van der Waals surface area contributed by atoms with Crippen molar-refractivity contribution >= 4 is 23.3 Å². The third kappa shape index (κ3) is 9.58. The third-order valence-corrected chi connectivity index (χ3v) is 5.59. The van der Waals surface area contributed by atoms with E-state index in [0.717, 1.165) is 32.5 Å². The maximum Gasteiger partial charge on any atom is 0.490 e. The van der Waals surface area contributed by atoms with Crippen LogP contribution in [0.5, 0.6) is 5.88 Å². The first-order chi connectivity index (χ1) is 16.7. The van der Waals surface area contributed by atoms with Crippen LogP contribution in [0.1, 0.15) is 17.8 Å². The number of pyridine rings is 1. The molecule has 0 bridgehead atoms. The maximum atomic E-state index is 10.6. The van der Waals surface area contributed by atoms with Crippen molar-refractivity contribution in [2.45, 2.75) is 43.4 Å². The van der Waals surface area contributed by atoms with Crippen LogP contribution in [0.25, 0.3) is 0 Å². The Balaban J connectivity index is 0.000000271. The summed E-state index contributed by atoms with van der Waals surface area (Å²) in [5, 5.41) is 17.5. The van der Waals surface area contributed by atoms with Gasteiger partial charge in [0.2, 0.25) is 5.88 Å². The number of carboxylic acid groups (broad SMARTS) is 2. The number of likely N-dealkylation sites (tertiary alicyclic amines) is 1. The molecule has 0 aromatic carbocycles. The first kappa shape index (κ1) is 29.3. The largest absolute Gasteiger partial charge is 0.490 e. The number of aromatic nitrogens is 2. The molecule has 2 N–H and O–H groups in total. The highest BCUT2D eigenvalue weighted by molar-refractivity contribution is 7.09. The van der Waals surface area contributed by atoms with Crippen molar-refractivity contribution in [3.63, 3.8) is 0 Å². The zero-order valence-electron chi connectivity index (χ0n) is 18.3. The van der Waals surface area contributed by atoms with E-state index in [1.807, 2.05) is 29.8 Å². The molecule has 2 aliphatic heterocycles. The number of rotatable bonds is 4. The van der Waals surface area contributed by atoms with Crippen LogP contribution < -0.4 is 4.74 Å². The van der Waals surface area contributed by atoms with Crippen LogP contribution in [0.4, 0.5) is 26.3 Å². The number of hydrogen-bond donors (Lipinski definition) is 2. The highest BCUT2D eigenvalue weighted by atomic mass is 32.1. The van der Waals surface area contributed by atoms with Crippen molar-refractivity contribution in [2.24, 2.45) is 0 Å². The summed E-state index contributed by atoms with van der Waals surface area (Å²) in [4.78, 5) is 28.8. The van der Waals surface area contributed by atoms with E-state index < -0.39 is 24.3 Å². The van der Waals surface area contributed by atoms with Gasteiger partial charge in [0, 0.05) is 43.4 Å². The Morgan fingerprint density at radius 1 is 1.11 bits per heavy atom. The van der Waals surface area contributed by atoms with Crippen molar-refractivity contribution < 1.29 is 55.6 Å². The second-order valence-corrected chi connectivity index (χ2v) is 8.58. The molecular formula is C20H21F6N3O6S. The van der Waals surface area contributed by atoms with Crippen LogP contribution in [0.3, 0.4) is 0 Å². The minimum atomic E-state index is -5.08. The Morgan fingerprint density at radius 3 is 2.25 bits per heavy atom. The average Bonchev–Trinajstić information content (AvgIpc) is 3.52. The topological polar surface area (TPSA) is 122 Å². The molecule has 0 aliphatic carbocycles. The van der Waals surface area contributed by atoms with Gasteiger partial charge < -0.3 is 19.7 Å². The quantitative estimate of drug-likeness (QED) is 0.555. The summed E-state index contributed by atoms with van der Waals surface area (Å²) in [6.45, 7) is 3.61. The zero-order valence-corrected chi connectivity index (χ0v) is 19.1. The van der Waals surface area contributed by atoms with Gasteiger partial charge in [-0.3, -0.25) is 4.90 Å². The molecule has 4 heterocycles. The standard InChI is InChI=1S/C16H19N3O2S.2C2HF3O2/c1-2-5-17-14(3-1)21-13-9-16(20-11-13)4-7-19(12-16)10-15-18-6-8-22-15;2*3-2(4,5)1(6)7/h1-3,5-6,8,13H,4,7,9-12H2;2*(H,6,7)/t13-,16-;;/m0../s1. The normalized spacial score (nSPS) is 21.8. The lowest BCUT2D eigenvalue weighted by molar-refractivity contribution is -0.193. The Labute approximate surface area is 204 Å². The van der Waals surface area contributed by atoms with Crippen molar-refractivity contribution in [2.75, 3.05) is 19.7 Å². The molecule has 16 heteroatoms. The molecule has 2 saturated heterocycles. The molecule has 200 valence electrons. The number of hydrogen-bond acceptors (Lipinski definition) is 8. The molecule has 2 aromatic rings. The molecule has 2 aromatic heterocycles. The van der Waals surface area contributed by atoms with Gasteiger partial charge in [0.15, 0.2) is 0 Å². The summed E-state index contributed by atoms with van der Waals surface area (Å²) < 4.78 is 75.5. The molecule has 1 spiro atoms. The number of alkyl halides is 6. The molecule has 36 heavy (non-hydrogen) atoms. The van der Waals surface area contributed by atoms with E-state index in [9.17, 15) is 26.3 Å². The number of carbonyl (C=O) groups is 2. The predicted molar refractivity (Wildman–Crippen MR) is 111 cm³/mol. The average molecular weight is 545 g/mol. The maximum absolute atomic E-state index is 10.6. The fourth-order valence-electron chi connectivity index (χ4n) is 3.33. The number of nitrogens with zero attached hydrogens (tertiary/aromatic N) is 3. The molecule has 2 atom stereocenters. The highest BCUT2D eigenvalue weighted by Crippen LogP contribution is 2.37. The van der Waals surface area contributed by atoms with E-state index in [0.29, 0.717) is 12.5 Å². The highest BCUT2D eigenvalue weighted by Gasteiger charge is 2.46. The monoisotopic (exact) mass is 545 g/mol. The van der Waals surface area contributed by atoms with Crippen molar-refractivity contribution in [1.29, 1.82) is 0 Å². The molecule has 0 radical (unpaired) electrons. The second-order valence-electron chi connectivity index (χ2n) is 7.60. The van der Waals surface area contributed by atoms with Crippen molar-refractivity contribution in [1.82, 2.24) is 14.9 Å². The molecular weight excluding hydrogens is 524 g/mol. The lowest BCUT2D eigenvalue weighted by Gasteiger charge is -2.22. The van der Waals surface area contributed by atoms with Gasteiger partial charge in [0.25, 0.3) is 0 Å². The Morgan fingerprint density at radius 2 is 1.75 bits per heavy atom. The molecule has 2 fully saturated rings. The summed E-state index contributed by atoms with van der Waals surface area (Å²) in [5.41, 5.74) is -0.0449. The molecule has 2 aliphatic rings. The molecule has 9 nitrogen and oxygen atoms in total. The van der Waals surface area contributed by atoms with Crippen molar-refractivity contribution in [3.8, 4) is 5.88 Å². The SMILES string of the molecule is O=C(O)C(F)(F)F.O=C(O)C(F)(F)F.c1ccc(O[C@@H]2CO[C@@]3(CCN(Cc4nccs4)C3)C2)nc1. The Kier molecular flexibility index (Phi) is 10.0. The van der Waals surface area contributed by atoms with Crippen LogP contribution in [0.2, 0.25) is 0 Å². The third-order valence-electron chi connectivity index (χ3n) is 4.82. The first-order valence-corrected chi connectivity index (χ1v) is 11.0. The van der Waals surface area contributed by atoms with E-state index in [1.54, 1.807) is 17.5 Å². The fourth-order valence-corrected chi connectivity index (χ4v) is 3.99. The minimum Gasteiger partial charge on any atom is -0.475 e. The van der Waals surface area contributed by atoms with Gasteiger partial charge in [0.05, 0.1) is 18.8 Å². The van der Waals surface area contributed by atoms with Gasteiger partial charge in [-0.1, -0.05) is 6.07 Å². The second kappa shape index (κ2) is 12.3. The van der Waals surface area contributed by atoms with Crippen molar-refractivity contribution in [3.05, 3.63) is 41.0 Å². The van der Waals surface area contributed by atoms with Gasteiger partial charge >= 0.3 is 24.3 Å². The Bertz CT molecular complexity index is 953. The van der Waals surface area contributed by atoms with E-state index in [1.165, 1.54) is 5.01 Å². The van der Waals surface area contributed by atoms with Gasteiger partial charge in [-0.25, -0.2) is 19.6 Å². The summed E-state index contributed by atoms with van der Waals surface area (Å²) in [6, 6.07) is 5.74. The summed E-state index contributed by atoms with van der Waals surface area (Å²) in [6.07, 6.45) is -4.42. The van der Waals surface area contributed by atoms with Gasteiger partial charge in [0.1, 0.15) is 11.1 Å². The van der Waals surface area contributed by atoms with Crippen LogP contribution in [0.15, 0.2) is 36.0 Å². The predicted octanol–water partition coefficient (Wildman–Crippen LogP) is 3.62. The van der Waals surface area contributed by atoms with E-state index in [4.69, 9.17) is 29.3 Å². The van der Waals surface area contributed by atoms with Crippen LogP contribution >= 0.6 is 11.3 Å². The smallest absolute Gasteiger partial charge is 0.475 e. The number of thiazole rings is 1. The number of aliphatic carboxylic acids is 2. The van der Waals surface area contributed by atoms with Crippen LogP contribution in [-0.4, -0.2) is 80.8 Å². The molecule has 4 rings (SSSR count). The number of carboxylic acids is 2. The molecule has 0 unspecified atom stereocenters. The fraction of sp³-hybridized carbons (Fsp3) is 0.500. The zero-order chi connectivity index (χ0) is 27.0. The first-order valence-electron chi connectivity index (χ1n) is 10.1. The molecule has 0 saturated carbocycles. The molecule has 0 amide bonds. The summed E-state index contributed by atoms with van der Waals surface area (Å²) in [7, 11) is 0. The van der Waals surface area contributed by atoms with Gasteiger partial charge in [-0.2, -0.15) is 26.3 Å². The summed E-state index contributed by atoms with van der Waals surface area (Å²) >= 11 is 1.72. The van der Waals surface area contributed by atoms with E-state index >= 15 is 0 Å². The van der Waals surface area contributed by atoms with Gasteiger partial charge in [-0.15, -0.1) is 11.3 Å². The van der Waals surface area contributed by atoms with Crippen LogP contribution in [-0.2, 0) is 20.9 Å². The van der Waals surface area contributed by atoms with Gasteiger partial charge in [-0.05, 0) is 12.5 Å². The Hall–Kier alpha value is -2.98. The van der Waals surface area contributed by atoms with E-state index in [-0.39, 0.29) is 11.7 Å². The van der Waals surface area contributed by atoms with E-state index in [2.05, 4.69) is 14.9 Å². The number of ether oxygens (including phenoxy) is 2. The number of halogens is 6. The lowest BCUT2D eigenvalue weighted by Crippen LogP contribution is -2.33. The summed E-state index contributed by atoms with van der Waals surface area (Å²) in [5.74, 6) is -4.83. The lowest BCUT2D eigenvalue weighted by atomic mass is 9.98. The van der Waals surface area contributed by atoms with Crippen LogP contribution in [0, 0.1) is 0 Å². The minimum absolute atomic E-state index is 0.0449.